The minimum Gasteiger partial charge on any atom is -0.346 e. The van der Waals surface area contributed by atoms with E-state index in [1.165, 1.54) is 0 Å². The Morgan fingerprint density at radius 3 is 2.59 bits per heavy atom. The number of nitriles is 1. The maximum atomic E-state index is 11.0. The van der Waals surface area contributed by atoms with Crippen LogP contribution < -0.4 is 0 Å². The first kappa shape index (κ1) is 15.2. The van der Waals surface area contributed by atoms with E-state index >= 15 is 0 Å². The zero-order chi connectivity index (χ0) is 13.3. The number of hydrogen-bond donors (Lipinski definition) is 0. The highest BCUT2D eigenvalue weighted by atomic mass is 16.2. The van der Waals surface area contributed by atoms with Crippen molar-refractivity contribution in [3.8, 4) is 6.07 Å². The lowest BCUT2D eigenvalue weighted by molar-refractivity contribution is -0.127. The van der Waals surface area contributed by atoms with Crippen LogP contribution in [0.1, 0.15) is 31.9 Å². The standard InChI is InChI=1S/C12H14N2O.C2H6/c1-10(15)14(2)7-6-11-4-3-5-12(8-11)9-13;1-2/h3-5,8H,6-7H2,1-2H3;1-2H3. The molecule has 0 N–H and O–H groups in total. The predicted octanol–water partition coefficient (Wildman–Crippen LogP) is 2.61. The van der Waals surface area contributed by atoms with Crippen LogP contribution in [0.15, 0.2) is 24.3 Å². The first-order valence-corrected chi connectivity index (χ1v) is 5.84. The smallest absolute Gasteiger partial charge is 0.219 e. The van der Waals surface area contributed by atoms with Crippen LogP contribution in [0.4, 0.5) is 0 Å². The second-order valence-electron chi connectivity index (χ2n) is 3.50. The second-order valence-corrected chi connectivity index (χ2v) is 3.50. The van der Waals surface area contributed by atoms with Gasteiger partial charge in [0.05, 0.1) is 11.6 Å². The molecule has 1 aromatic carbocycles. The Balaban J connectivity index is 0.00000121. The fourth-order valence-corrected chi connectivity index (χ4v) is 1.25. The van der Waals surface area contributed by atoms with Crippen molar-refractivity contribution in [2.75, 3.05) is 13.6 Å². The van der Waals surface area contributed by atoms with Crippen LogP contribution in [0.3, 0.4) is 0 Å². The van der Waals surface area contributed by atoms with Crippen LogP contribution in [0.2, 0.25) is 0 Å². The van der Waals surface area contributed by atoms with E-state index in [2.05, 4.69) is 6.07 Å². The van der Waals surface area contributed by atoms with E-state index in [-0.39, 0.29) is 5.91 Å². The van der Waals surface area contributed by atoms with Crippen molar-refractivity contribution in [3.63, 3.8) is 0 Å². The van der Waals surface area contributed by atoms with Crippen LogP contribution in [0.25, 0.3) is 0 Å². The molecule has 0 radical (unpaired) electrons. The van der Waals surface area contributed by atoms with Crippen LogP contribution in [0.5, 0.6) is 0 Å². The fourth-order valence-electron chi connectivity index (χ4n) is 1.25. The third-order valence-electron chi connectivity index (χ3n) is 2.33. The molecule has 0 saturated carbocycles. The minimum atomic E-state index is 0.0615. The number of nitrogens with zero attached hydrogens (tertiary/aromatic N) is 2. The fraction of sp³-hybridized carbons (Fsp3) is 0.429. The highest BCUT2D eigenvalue weighted by Gasteiger charge is 2.02. The number of benzene rings is 1. The molecule has 0 aliphatic heterocycles. The van der Waals surface area contributed by atoms with E-state index in [0.717, 1.165) is 12.0 Å². The Labute approximate surface area is 104 Å². The summed E-state index contributed by atoms with van der Waals surface area (Å²) in [5.41, 5.74) is 1.75. The lowest BCUT2D eigenvalue weighted by Gasteiger charge is -2.14. The molecule has 0 unspecified atom stereocenters. The Morgan fingerprint density at radius 1 is 1.41 bits per heavy atom. The van der Waals surface area contributed by atoms with Gasteiger partial charge >= 0.3 is 0 Å². The van der Waals surface area contributed by atoms with Gasteiger partial charge in [-0.1, -0.05) is 26.0 Å². The number of rotatable bonds is 3. The molecule has 0 bridgehead atoms. The van der Waals surface area contributed by atoms with Crippen molar-refractivity contribution >= 4 is 5.91 Å². The highest BCUT2D eigenvalue weighted by molar-refractivity contribution is 5.72. The Morgan fingerprint density at radius 2 is 2.06 bits per heavy atom. The summed E-state index contributed by atoms with van der Waals surface area (Å²) in [6, 6.07) is 9.56. The highest BCUT2D eigenvalue weighted by Crippen LogP contribution is 2.05. The molecular formula is C14H20N2O. The molecule has 0 spiro atoms. The summed E-state index contributed by atoms with van der Waals surface area (Å²) in [5, 5.41) is 8.71. The van der Waals surface area contributed by atoms with E-state index in [4.69, 9.17) is 5.26 Å². The van der Waals surface area contributed by atoms with Gasteiger partial charge in [-0.15, -0.1) is 0 Å². The van der Waals surface area contributed by atoms with Crippen LogP contribution in [-0.2, 0) is 11.2 Å². The summed E-state index contributed by atoms with van der Waals surface area (Å²) < 4.78 is 0. The maximum Gasteiger partial charge on any atom is 0.219 e. The largest absolute Gasteiger partial charge is 0.346 e. The van der Waals surface area contributed by atoms with Gasteiger partial charge in [-0.3, -0.25) is 4.79 Å². The van der Waals surface area contributed by atoms with Crippen molar-refractivity contribution in [1.29, 1.82) is 5.26 Å². The molecule has 3 heteroatoms. The van der Waals surface area contributed by atoms with Crippen molar-refractivity contribution < 1.29 is 4.79 Å². The van der Waals surface area contributed by atoms with Gasteiger partial charge in [0, 0.05) is 20.5 Å². The summed E-state index contributed by atoms with van der Waals surface area (Å²) in [5.74, 6) is 0.0615. The van der Waals surface area contributed by atoms with Crippen LogP contribution in [-0.4, -0.2) is 24.4 Å². The summed E-state index contributed by atoms with van der Waals surface area (Å²) in [6.45, 7) is 6.23. The van der Waals surface area contributed by atoms with E-state index in [1.54, 1.807) is 24.9 Å². The summed E-state index contributed by atoms with van der Waals surface area (Å²) >= 11 is 0. The van der Waals surface area contributed by atoms with Gasteiger partial charge in [-0.2, -0.15) is 5.26 Å². The third kappa shape index (κ3) is 5.72. The first-order valence-electron chi connectivity index (χ1n) is 5.84. The second kappa shape index (κ2) is 8.35. The Hall–Kier alpha value is -1.82. The maximum absolute atomic E-state index is 11.0. The van der Waals surface area contributed by atoms with Gasteiger partial charge in [0.1, 0.15) is 0 Å². The van der Waals surface area contributed by atoms with E-state index in [9.17, 15) is 4.79 Å². The zero-order valence-corrected chi connectivity index (χ0v) is 11.0. The van der Waals surface area contributed by atoms with Gasteiger partial charge in [-0.25, -0.2) is 0 Å². The number of carbonyl (C=O) groups is 1. The van der Waals surface area contributed by atoms with Gasteiger partial charge in [-0.05, 0) is 24.1 Å². The average Bonchev–Trinajstić information content (AvgIpc) is 2.38. The topological polar surface area (TPSA) is 44.1 Å². The van der Waals surface area contributed by atoms with Crippen molar-refractivity contribution in [2.24, 2.45) is 0 Å². The monoisotopic (exact) mass is 232 g/mol. The molecule has 17 heavy (non-hydrogen) atoms. The lowest BCUT2D eigenvalue weighted by atomic mass is 10.1. The summed E-state index contributed by atoms with van der Waals surface area (Å²) in [4.78, 5) is 12.6. The number of likely N-dealkylation sites (N-methyl/N-ethyl adjacent to an activating group) is 1. The van der Waals surface area contributed by atoms with Gasteiger partial charge in [0.2, 0.25) is 5.91 Å². The summed E-state index contributed by atoms with van der Waals surface area (Å²) in [7, 11) is 1.77. The van der Waals surface area contributed by atoms with Gasteiger partial charge < -0.3 is 4.90 Å². The molecule has 0 aliphatic carbocycles. The Kier molecular flexibility index (Phi) is 7.45. The predicted molar refractivity (Wildman–Crippen MR) is 69.5 cm³/mol. The molecule has 1 amide bonds. The summed E-state index contributed by atoms with van der Waals surface area (Å²) in [6.07, 6.45) is 0.783. The number of hydrogen-bond acceptors (Lipinski definition) is 2. The minimum absolute atomic E-state index is 0.0615. The van der Waals surface area contributed by atoms with Crippen molar-refractivity contribution in [1.82, 2.24) is 4.90 Å². The van der Waals surface area contributed by atoms with Gasteiger partial charge in [0.25, 0.3) is 0 Å². The molecule has 0 aliphatic rings. The van der Waals surface area contributed by atoms with Crippen LogP contribution in [0, 0.1) is 11.3 Å². The molecule has 0 heterocycles. The molecule has 0 aromatic heterocycles. The third-order valence-corrected chi connectivity index (χ3v) is 2.33. The molecular weight excluding hydrogens is 212 g/mol. The SMILES string of the molecule is CC.CC(=O)N(C)CCc1cccc(C#N)c1. The zero-order valence-electron chi connectivity index (χ0n) is 11.0. The van der Waals surface area contributed by atoms with Crippen molar-refractivity contribution in [2.45, 2.75) is 27.2 Å². The number of amides is 1. The van der Waals surface area contributed by atoms with E-state index < -0.39 is 0 Å². The normalized spacial score (nSPS) is 8.65. The lowest BCUT2D eigenvalue weighted by Crippen LogP contribution is -2.26. The van der Waals surface area contributed by atoms with E-state index in [1.807, 2.05) is 32.0 Å². The molecule has 1 rings (SSSR count). The molecule has 1 aromatic rings. The molecule has 0 fully saturated rings. The number of carbonyl (C=O) groups excluding carboxylic acids is 1. The quantitative estimate of drug-likeness (QED) is 0.804. The van der Waals surface area contributed by atoms with E-state index in [0.29, 0.717) is 12.1 Å². The molecule has 0 saturated heterocycles. The average molecular weight is 232 g/mol. The molecule has 0 atom stereocenters. The molecule has 92 valence electrons. The first-order chi connectivity index (χ1) is 8.13. The Bertz CT molecular complexity index is 393. The van der Waals surface area contributed by atoms with Crippen molar-refractivity contribution in [3.05, 3.63) is 35.4 Å². The van der Waals surface area contributed by atoms with Crippen LogP contribution >= 0.6 is 0 Å². The molecule has 3 nitrogen and oxygen atoms in total. The van der Waals surface area contributed by atoms with Gasteiger partial charge in [0.15, 0.2) is 0 Å².